The fourth-order valence-electron chi connectivity index (χ4n) is 1.12. The lowest BCUT2D eigenvalue weighted by Crippen LogP contribution is -2.50. The highest BCUT2D eigenvalue weighted by molar-refractivity contribution is 6.69. The zero-order valence-corrected chi connectivity index (χ0v) is 10.7. The molecular weight excluding hydrogens is 232 g/mol. The number of aliphatic hydroxyl groups is 4. The first-order valence-corrected chi connectivity index (χ1v) is 8.42. The summed E-state index contributed by atoms with van der Waals surface area (Å²) in [6.45, 7) is 4.78. The van der Waals surface area contributed by atoms with Crippen molar-refractivity contribution in [2.24, 2.45) is 0 Å². The quantitative estimate of drug-likeness (QED) is 0.324. The minimum Gasteiger partial charge on any atom is -0.405 e. The maximum atomic E-state index is 10.7. The monoisotopic (exact) mass is 252 g/mol. The second-order valence-corrected chi connectivity index (χ2v) is 9.02. The molecule has 0 rings (SSSR count). The van der Waals surface area contributed by atoms with Gasteiger partial charge in [-0.2, -0.15) is 0 Å². The van der Waals surface area contributed by atoms with Crippen LogP contribution in [0, 0.1) is 0 Å². The summed E-state index contributed by atoms with van der Waals surface area (Å²) in [6, 6.07) is 0. The Morgan fingerprint density at radius 1 is 1.19 bits per heavy atom. The fraction of sp³-hybridized carbons (Fsp3) is 0.889. The van der Waals surface area contributed by atoms with Crippen LogP contribution in [0.25, 0.3) is 0 Å². The molecule has 0 saturated heterocycles. The van der Waals surface area contributed by atoms with Gasteiger partial charge < -0.3 is 29.6 Å². The lowest BCUT2D eigenvalue weighted by atomic mass is 10.0. The van der Waals surface area contributed by atoms with E-state index in [9.17, 15) is 15.0 Å². The van der Waals surface area contributed by atoms with Crippen molar-refractivity contribution in [1.29, 1.82) is 0 Å². The summed E-state index contributed by atoms with van der Waals surface area (Å²) in [7, 11) is -2.04. The Bertz CT molecular complexity index is 217. The molecule has 0 aliphatic heterocycles. The molecule has 0 aliphatic rings. The van der Waals surface area contributed by atoms with Gasteiger partial charge in [0.15, 0.2) is 8.32 Å². The van der Waals surface area contributed by atoms with Gasteiger partial charge in [0.25, 0.3) is 0 Å². The van der Waals surface area contributed by atoms with Crippen molar-refractivity contribution in [3.05, 3.63) is 0 Å². The van der Waals surface area contributed by atoms with Crippen molar-refractivity contribution in [3.63, 3.8) is 0 Å². The van der Waals surface area contributed by atoms with Gasteiger partial charge in [-0.05, 0) is 19.6 Å². The molecule has 96 valence electrons. The van der Waals surface area contributed by atoms with Gasteiger partial charge in [-0.3, -0.25) is 0 Å². The Hall–Kier alpha value is -0.313. The van der Waals surface area contributed by atoms with E-state index in [-0.39, 0.29) is 0 Å². The molecule has 16 heavy (non-hydrogen) atoms. The average molecular weight is 252 g/mol. The Morgan fingerprint density at radius 3 is 2.00 bits per heavy atom. The standard InChI is InChI=1S/C9H20O6Si/c1-16(2,3)15-7(5-11)9(14)8(13)6(12)4-10/h5-10,12-14H,4H2,1-3H3/t6-,7+,8-,9-/m1/s1. The third-order valence-corrected chi connectivity index (χ3v) is 2.87. The fourth-order valence-corrected chi connectivity index (χ4v) is 2.13. The maximum Gasteiger partial charge on any atom is 0.184 e. The summed E-state index contributed by atoms with van der Waals surface area (Å²) in [5, 5.41) is 36.7. The van der Waals surface area contributed by atoms with Crippen molar-refractivity contribution in [2.75, 3.05) is 6.61 Å². The van der Waals surface area contributed by atoms with Gasteiger partial charge in [-0.25, -0.2) is 0 Å². The van der Waals surface area contributed by atoms with Crippen LogP contribution in [0.15, 0.2) is 0 Å². The number of carbonyl (C=O) groups is 1. The van der Waals surface area contributed by atoms with Crippen LogP contribution in [-0.2, 0) is 9.22 Å². The van der Waals surface area contributed by atoms with Crippen LogP contribution in [0.2, 0.25) is 19.6 Å². The van der Waals surface area contributed by atoms with E-state index >= 15 is 0 Å². The second-order valence-electron chi connectivity index (χ2n) is 4.56. The van der Waals surface area contributed by atoms with E-state index in [0.717, 1.165) is 0 Å². The van der Waals surface area contributed by atoms with E-state index in [2.05, 4.69) is 0 Å². The maximum absolute atomic E-state index is 10.7. The van der Waals surface area contributed by atoms with Crippen LogP contribution >= 0.6 is 0 Å². The van der Waals surface area contributed by atoms with Gasteiger partial charge in [-0.15, -0.1) is 0 Å². The summed E-state index contributed by atoms with van der Waals surface area (Å²) < 4.78 is 5.33. The molecule has 0 heterocycles. The van der Waals surface area contributed by atoms with Crippen LogP contribution in [0.1, 0.15) is 0 Å². The van der Waals surface area contributed by atoms with E-state index in [1.807, 2.05) is 19.6 Å². The molecule has 0 saturated carbocycles. The molecule has 4 atom stereocenters. The lowest BCUT2D eigenvalue weighted by molar-refractivity contribution is -0.134. The van der Waals surface area contributed by atoms with Gasteiger partial charge >= 0.3 is 0 Å². The third-order valence-electron chi connectivity index (χ3n) is 1.89. The molecule has 0 aromatic rings. The molecule has 7 heteroatoms. The van der Waals surface area contributed by atoms with E-state index < -0.39 is 39.3 Å². The summed E-state index contributed by atoms with van der Waals surface area (Å²) in [5.74, 6) is 0. The molecule has 0 radical (unpaired) electrons. The molecule has 0 fully saturated rings. The normalized spacial score (nSPS) is 19.9. The van der Waals surface area contributed by atoms with Crippen LogP contribution in [-0.4, -0.2) is 66.1 Å². The molecule has 4 N–H and O–H groups in total. The first kappa shape index (κ1) is 15.7. The summed E-state index contributed by atoms with van der Waals surface area (Å²) in [4.78, 5) is 10.7. The molecule has 0 aromatic carbocycles. The van der Waals surface area contributed by atoms with E-state index in [1.165, 1.54) is 0 Å². The molecular formula is C9H20O6Si. The number of hydrogen-bond donors (Lipinski definition) is 4. The van der Waals surface area contributed by atoms with Gasteiger partial charge in [-0.1, -0.05) is 0 Å². The van der Waals surface area contributed by atoms with Crippen molar-refractivity contribution >= 4 is 14.6 Å². The molecule has 0 spiro atoms. The Labute approximate surface area is 95.6 Å². The zero-order chi connectivity index (χ0) is 12.9. The number of rotatable bonds is 7. The Kier molecular flexibility index (Phi) is 6.30. The minimum absolute atomic E-state index is 0.385. The predicted octanol–water partition coefficient (Wildman–Crippen LogP) is -1.52. The van der Waals surface area contributed by atoms with Crippen molar-refractivity contribution in [2.45, 2.75) is 44.1 Å². The highest BCUT2D eigenvalue weighted by Gasteiger charge is 2.34. The van der Waals surface area contributed by atoms with Gasteiger partial charge in [0.1, 0.15) is 30.7 Å². The zero-order valence-electron chi connectivity index (χ0n) is 9.70. The topological polar surface area (TPSA) is 107 Å². The molecule has 0 aliphatic carbocycles. The Balaban J connectivity index is 4.52. The number of hydrogen-bond acceptors (Lipinski definition) is 6. The minimum atomic E-state index is -2.04. The SMILES string of the molecule is C[Si](C)(C)O[C@@H](C=O)[C@@H](O)[C@H](O)[C@H](O)CO. The predicted molar refractivity (Wildman–Crippen MR) is 59.4 cm³/mol. The second kappa shape index (κ2) is 6.43. The summed E-state index contributed by atoms with van der Waals surface area (Å²) >= 11 is 0. The van der Waals surface area contributed by atoms with Crippen LogP contribution in [0.3, 0.4) is 0 Å². The van der Waals surface area contributed by atoms with E-state index in [1.54, 1.807) is 0 Å². The molecule has 0 amide bonds. The van der Waals surface area contributed by atoms with E-state index in [4.69, 9.17) is 14.6 Å². The van der Waals surface area contributed by atoms with Crippen molar-refractivity contribution in [3.8, 4) is 0 Å². The van der Waals surface area contributed by atoms with Gasteiger partial charge in [0.05, 0.1) is 6.61 Å². The molecule has 0 aromatic heterocycles. The van der Waals surface area contributed by atoms with Crippen LogP contribution in [0.5, 0.6) is 0 Å². The third kappa shape index (κ3) is 5.15. The first-order valence-electron chi connectivity index (χ1n) is 5.01. The van der Waals surface area contributed by atoms with E-state index in [0.29, 0.717) is 6.29 Å². The number of aliphatic hydroxyl groups excluding tert-OH is 4. The number of aldehydes is 1. The highest BCUT2D eigenvalue weighted by Crippen LogP contribution is 2.12. The van der Waals surface area contributed by atoms with Crippen LogP contribution in [0.4, 0.5) is 0 Å². The average Bonchev–Trinajstić information content (AvgIpc) is 2.21. The van der Waals surface area contributed by atoms with Gasteiger partial charge in [0, 0.05) is 0 Å². The molecule has 0 unspecified atom stereocenters. The van der Waals surface area contributed by atoms with Crippen LogP contribution < -0.4 is 0 Å². The Morgan fingerprint density at radius 2 is 1.69 bits per heavy atom. The first-order chi connectivity index (χ1) is 7.22. The van der Waals surface area contributed by atoms with Crippen molar-refractivity contribution in [1.82, 2.24) is 0 Å². The van der Waals surface area contributed by atoms with Crippen molar-refractivity contribution < 1.29 is 29.6 Å². The molecule has 6 nitrogen and oxygen atoms in total. The number of carbonyl (C=O) groups excluding carboxylic acids is 1. The summed E-state index contributed by atoms with van der Waals surface area (Å²) in [5.41, 5.74) is 0. The summed E-state index contributed by atoms with van der Waals surface area (Å²) in [6.07, 6.45) is -5.47. The molecule has 0 bridgehead atoms. The van der Waals surface area contributed by atoms with Gasteiger partial charge in [0.2, 0.25) is 0 Å². The largest absolute Gasteiger partial charge is 0.405 e. The lowest BCUT2D eigenvalue weighted by Gasteiger charge is -2.30. The highest BCUT2D eigenvalue weighted by atomic mass is 28.4. The smallest absolute Gasteiger partial charge is 0.184 e.